The predicted octanol–water partition coefficient (Wildman–Crippen LogP) is 2.44. The summed E-state index contributed by atoms with van der Waals surface area (Å²) in [4.78, 5) is 15.4. The van der Waals surface area contributed by atoms with E-state index in [1.807, 2.05) is 24.3 Å². The summed E-state index contributed by atoms with van der Waals surface area (Å²) in [6.07, 6.45) is 2.16. The van der Waals surface area contributed by atoms with Gasteiger partial charge in [0.25, 0.3) is 0 Å². The maximum atomic E-state index is 11.1. The molecule has 1 aromatic carbocycles. The molecule has 0 saturated carbocycles. The molecule has 0 aliphatic carbocycles. The molecule has 4 nitrogen and oxygen atoms in total. The summed E-state index contributed by atoms with van der Waals surface area (Å²) in [7, 11) is 1.63. The molecule has 18 heavy (non-hydrogen) atoms. The van der Waals surface area contributed by atoms with E-state index in [1.54, 1.807) is 13.2 Å². The Labute approximate surface area is 110 Å². The topological polar surface area (TPSA) is 54.0 Å². The van der Waals surface area contributed by atoms with E-state index in [9.17, 15) is 4.79 Å². The molecule has 0 bridgehead atoms. The number of nitrogens with zero attached hydrogens (tertiary/aromatic N) is 1. The van der Waals surface area contributed by atoms with Crippen molar-refractivity contribution < 1.29 is 4.79 Å². The molecule has 0 atom stereocenters. The van der Waals surface area contributed by atoms with E-state index in [1.165, 1.54) is 0 Å². The zero-order valence-electron chi connectivity index (χ0n) is 10.0. The number of nitrogens with one attached hydrogen (secondary N) is 2. The summed E-state index contributed by atoms with van der Waals surface area (Å²) >= 11 is 5.92. The predicted molar refractivity (Wildman–Crippen MR) is 73.9 cm³/mol. The second-order valence-electron chi connectivity index (χ2n) is 3.87. The molecule has 1 aromatic heterocycles. The highest BCUT2D eigenvalue weighted by molar-refractivity contribution is 6.31. The lowest BCUT2D eigenvalue weighted by molar-refractivity contribution is -0.120. The van der Waals surface area contributed by atoms with Gasteiger partial charge in [0.05, 0.1) is 5.52 Å². The van der Waals surface area contributed by atoms with Crippen LogP contribution in [0.5, 0.6) is 0 Å². The zero-order valence-corrected chi connectivity index (χ0v) is 10.8. The van der Waals surface area contributed by atoms with Crippen LogP contribution < -0.4 is 10.6 Å². The number of amides is 1. The Kier molecular flexibility index (Phi) is 3.99. The van der Waals surface area contributed by atoms with Crippen molar-refractivity contribution >= 4 is 34.1 Å². The molecule has 2 N–H and O–H groups in total. The zero-order chi connectivity index (χ0) is 13.0. The number of carbonyl (C=O) groups is 1. The standard InChI is InChI=1S/C13H14ClN3O/c1-15-13(18)5-7-16-11-4-6-17-12-8-9(14)2-3-10(11)12/h2-4,6,8H,5,7H2,1H3,(H,15,18)(H,16,17). The first-order valence-corrected chi connectivity index (χ1v) is 6.07. The molecule has 1 amide bonds. The van der Waals surface area contributed by atoms with Crippen molar-refractivity contribution in [3.63, 3.8) is 0 Å². The number of aromatic nitrogens is 1. The lowest BCUT2D eigenvalue weighted by Crippen LogP contribution is -2.20. The Bertz CT molecular complexity index is 571. The normalized spacial score (nSPS) is 10.3. The van der Waals surface area contributed by atoms with Gasteiger partial charge in [-0.3, -0.25) is 9.78 Å². The Hall–Kier alpha value is -1.81. The largest absolute Gasteiger partial charge is 0.384 e. The molecule has 0 radical (unpaired) electrons. The summed E-state index contributed by atoms with van der Waals surface area (Å²) in [5.41, 5.74) is 1.80. The molecular weight excluding hydrogens is 250 g/mol. The number of fused-ring (bicyclic) bond motifs is 1. The van der Waals surface area contributed by atoms with Gasteiger partial charge in [-0.05, 0) is 24.3 Å². The number of rotatable bonds is 4. The minimum absolute atomic E-state index is 0.0175. The Morgan fingerprint density at radius 2 is 2.22 bits per heavy atom. The van der Waals surface area contributed by atoms with Crippen molar-refractivity contribution in [2.24, 2.45) is 0 Å². The van der Waals surface area contributed by atoms with E-state index in [0.29, 0.717) is 18.0 Å². The average Bonchev–Trinajstić information content (AvgIpc) is 2.38. The van der Waals surface area contributed by atoms with Gasteiger partial charge in [-0.1, -0.05) is 11.6 Å². The van der Waals surface area contributed by atoms with Crippen LogP contribution in [-0.4, -0.2) is 24.5 Å². The number of pyridine rings is 1. The molecule has 2 aromatic rings. The molecule has 5 heteroatoms. The molecule has 0 aliphatic rings. The molecule has 0 unspecified atom stereocenters. The fraction of sp³-hybridized carbons (Fsp3) is 0.231. The second-order valence-corrected chi connectivity index (χ2v) is 4.31. The molecule has 94 valence electrons. The second kappa shape index (κ2) is 5.69. The van der Waals surface area contributed by atoms with Crippen LogP contribution in [0.2, 0.25) is 5.02 Å². The van der Waals surface area contributed by atoms with Gasteiger partial charge in [0.1, 0.15) is 0 Å². The lowest BCUT2D eigenvalue weighted by Gasteiger charge is -2.09. The van der Waals surface area contributed by atoms with Crippen LogP contribution in [0.15, 0.2) is 30.5 Å². The molecule has 1 heterocycles. The highest BCUT2D eigenvalue weighted by Crippen LogP contribution is 2.24. The third-order valence-corrected chi connectivity index (χ3v) is 2.89. The van der Waals surface area contributed by atoms with Gasteiger partial charge < -0.3 is 10.6 Å². The van der Waals surface area contributed by atoms with E-state index < -0.39 is 0 Å². The molecule has 0 saturated heterocycles. The smallest absolute Gasteiger partial charge is 0.221 e. The SMILES string of the molecule is CNC(=O)CCNc1ccnc2cc(Cl)ccc12. The number of carbonyl (C=O) groups excluding carboxylic acids is 1. The fourth-order valence-corrected chi connectivity index (χ4v) is 1.88. The number of anilines is 1. The maximum absolute atomic E-state index is 11.1. The van der Waals surface area contributed by atoms with Gasteiger partial charge >= 0.3 is 0 Å². The van der Waals surface area contributed by atoms with Crippen molar-refractivity contribution in [1.29, 1.82) is 0 Å². The van der Waals surface area contributed by atoms with E-state index >= 15 is 0 Å². The van der Waals surface area contributed by atoms with Gasteiger partial charge in [0.2, 0.25) is 5.91 Å². The van der Waals surface area contributed by atoms with Gasteiger partial charge in [-0.2, -0.15) is 0 Å². The first kappa shape index (κ1) is 12.6. The fourth-order valence-electron chi connectivity index (χ4n) is 1.71. The Morgan fingerprint density at radius 1 is 1.39 bits per heavy atom. The van der Waals surface area contributed by atoms with Gasteiger partial charge in [0.15, 0.2) is 0 Å². The van der Waals surface area contributed by atoms with Crippen LogP contribution in [0.4, 0.5) is 5.69 Å². The van der Waals surface area contributed by atoms with E-state index in [4.69, 9.17) is 11.6 Å². The summed E-state index contributed by atoms with van der Waals surface area (Å²) in [6, 6.07) is 7.46. The van der Waals surface area contributed by atoms with Crippen LogP contribution in [0.25, 0.3) is 10.9 Å². The number of halogens is 1. The third kappa shape index (κ3) is 2.90. The maximum Gasteiger partial charge on any atom is 0.221 e. The van der Waals surface area contributed by atoms with Crippen molar-refractivity contribution in [1.82, 2.24) is 10.3 Å². The average molecular weight is 264 g/mol. The highest BCUT2D eigenvalue weighted by atomic mass is 35.5. The van der Waals surface area contributed by atoms with Gasteiger partial charge in [-0.25, -0.2) is 0 Å². The van der Waals surface area contributed by atoms with Crippen molar-refractivity contribution in [3.8, 4) is 0 Å². The minimum Gasteiger partial charge on any atom is -0.384 e. The van der Waals surface area contributed by atoms with Crippen LogP contribution in [0.1, 0.15) is 6.42 Å². The number of benzene rings is 1. The Balaban J connectivity index is 2.15. The van der Waals surface area contributed by atoms with Gasteiger partial charge in [-0.15, -0.1) is 0 Å². The van der Waals surface area contributed by atoms with E-state index in [2.05, 4.69) is 15.6 Å². The van der Waals surface area contributed by atoms with Crippen LogP contribution in [0, 0.1) is 0 Å². The lowest BCUT2D eigenvalue weighted by atomic mass is 10.2. The number of hydrogen-bond donors (Lipinski definition) is 2. The van der Waals surface area contributed by atoms with Crippen LogP contribution >= 0.6 is 11.6 Å². The summed E-state index contributed by atoms with van der Waals surface area (Å²) in [6.45, 7) is 0.585. The van der Waals surface area contributed by atoms with Gasteiger partial charge in [0, 0.05) is 42.3 Å². The van der Waals surface area contributed by atoms with Crippen molar-refractivity contribution in [2.45, 2.75) is 6.42 Å². The number of hydrogen-bond acceptors (Lipinski definition) is 3. The molecular formula is C13H14ClN3O. The van der Waals surface area contributed by atoms with E-state index in [0.717, 1.165) is 16.6 Å². The van der Waals surface area contributed by atoms with Crippen molar-refractivity contribution in [2.75, 3.05) is 18.9 Å². The quantitative estimate of drug-likeness (QED) is 0.891. The first-order valence-electron chi connectivity index (χ1n) is 5.69. The molecule has 0 aliphatic heterocycles. The molecule has 0 spiro atoms. The highest BCUT2D eigenvalue weighted by Gasteiger charge is 2.03. The first-order chi connectivity index (χ1) is 8.70. The third-order valence-electron chi connectivity index (χ3n) is 2.65. The molecule has 2 rings (SSSR count). The summed E-state index contributed by atoms with van der Waals surface area (Å²) in [5.74, 6) is 0.0175. The van der Waals surface area contributed by atoms with Crippen LogP contribution in [0.3, 0.4) is 0 Å². The van der Waals surface area contributed by atoms with E-state index in [-0.39, 0.29) is 5.91 Å². The monoisotopic (exact) mass is 263 g/mol. The van der Waals surface area contributed by atoms with Crippen LogP contribution in [-0.2, 0) is 4.79 Å². The Morgan fingerprint density at radius 3 is 3.00 bits per heavy atom. The summed E-state index contributed by atoms with van der Waals surface area (Å²) < 4.78 is 0. The van der Waals surface area contributed by atoms with Crippen molar-refractivity contribution in [3.05, 3.63) is 35.5 Å². The minimum atomic E-state index is 0.0175. The summed E-state index contributed by atoms with van der Waals surface area (Å²) in [5, 5.41) is 7.48. The molecule has 0 fully saturated rings.